The van der Waals surface area contributed by atoms with E-state index < -0.39 is 15.9 Å². The summed E-state index contributed by atoms with van der Waals surface area (Å²) in [5.74, 6) is -0.903. The summed E-state index contributed by atoms with van der Waals surface area (Å²) in [7, 11) is -1.76. The molecule has 0 spiro atoms. The largest absolute Gasteiger partial charge is 0.359 e. The minimum Gasteiger partial charge on any atom is -0.359 e. The normalized spacial score (nSPS) is 20.1. The van der Waals surface area contributed by atoms with Crippen molar-refractivity contribution in [3.63, 3.8) is 0 Å². The zero-order valence-corrected chi connectivity index (χ0v) is 14.1. The van der Waals surface area contributed by atoms with Gasteiger partial charge >= 0.3 is 0 Å². The molecule has 0 radical (unpaired) electrons. The lowest BCUT2D eigenvalue weighted by molar-refractivity contribution is -0.121. The molecule has 126 valence electrons. The number of carbonyl (C=O) groups excluding carboxylic acids is 2. The first-order valence-electron chi connectivity index (χ1n) is 7.53. The van der Waals surface area contributed by atoms with Gasteiger partial charge in [-0.1, -0.05) is 6.92 Å². The van der Waals surface area contributed by atoms with Gasteiger partial charge in [-0.3, -0.25) is 14.6 Å². The van der Waals surface area contributed by atoms with E-state index in [0.29, 0.717) is 0 Å². The van der Waals surface area contributed by atoms with Gasteiger partial charge in [0.25, 0.3) is 5.91 Å². The third-order valence-electron chi connectivity index (χ3n) is 3.94. The van der Waals surface area contributed by atoms with E-state index in [9.17, 15) is 18.0 Å². The van der Waals surface area contributed by atoms with Crippen LogP contribution in [0.2, 0.25) is 0 Å². The summed E-state index contributed by atoms with van der Waals surface area (Å²) in [6.45, 7) is 2.06. The first kappa shape index (κ1) is 17.4. The van der Waals surface area contributed by atoms with Crippen molar-refractivity contribution < 1.29 is 18.0 Å². The molecule has 23 heavy (non-hydrogen) atoms. The predicted octanol–water partition coefficient (Wildman–Crippen LogP) is 0.0193. The Labute approximate surface area is 136 Å². The Morgan fingerprint density at radius 3 is 2.83 bits per heavy atom. The van der Waals surface area contributed by atoms with Crippen LogP contribution in [0.15, 0.2) is 18.3 Å². The lowest BCUT2D eigenvalue weighted by Crippen LogP contribution is -2.52. The molecule has 0 bridgehead atoms. The van der Waals surface area contributed by atoms with Gasteiger partial charge in [0.2, 0.25) is 5.91 Å². The molecule has 1 aliphatic rings. The highest BCUT2D eigenvalue weighted by molar-refractivity contribution is 7.91. The fraction of sp³-hybridized carbons (Fsp3) is 0.533. The van der Waals surface area contributed by atoms with Crippen LogP contribution >= 0.6 is 0 Å². The number of carbonyl (C=O) groups is 2. The summed E-state index contributed by atoms with van der Waals surface area (Å²) in [5.41, 5.74) is 1.27. The van der Waals surface area contributed by atoms with Crippen LogP contribution in [0.4, 0.5) is 0 Å². The van der Waals surface area contributed by atoms with E-state index in [1.165, 1.54) is 11.9 Å². The van der Waals surface area contributed by atoms with Gasteiger partial charge in [0.1, 0.15) is 5.69 Å². The number of rotatable bonds is 4. The van der Waals surface area contributed by atoms with Crippen molar-refractivity contribution in [1.29, 1.82) is 0 Å². The maximum Gasteiger partial charge on any atom is 0.272 e. The van der Waals surface area contributed by atoms with E-state index in [1.807, 2.05) is 13.0 Å². The summed E-state index contributed by atoms with van der Waals surface area (Å²) in [6, 6.07) is 2.88. The molecular formula is C15H21N3O4S. The van der Waals surface area contributed by atoms with E-state index in [2.05, 4.69) is 10.3 Å². The third kappa shape index (κ3) is 4.28. The molecule has 0 aromatic carbocycles. The second-order valence-electron chi connectivity index (χ2n) is 5.55. The van der Waals surface area contributed by atoms with Crippen LogP contribution in [0.5, 0.6) is 0 Å². The molecule has 1 saturated heterocycles. The van der Waals surface area contributed by atoms with Crippen molar-refractivity contribution in [1.82, 2.24) is 15.2 Å². The van der Waals surface area contributed by atoms with E-state index in [0.717, 1.165) is 12.0 Å². The van der Waals surface area contributed by atoms with Gasteiger partial charge in [-0.15, -0.1) is 0 Å². The monoisotopic (exact) mass is 339 g/mol. The molecule has 1 aromatic heterocycles. The Morgan fingerprint density at radius 1 is 1.43 bits per heavy atom. The molecule has 0 saturated carbocycles. The van der Waals surface area contributed by atoms with Crippen molar-refractivity contribution in [2.45, 2.75) is 25.8 Å². The van der Waals surface area contributed by atoms with Crippen molar-refractivity contribution in [3.05, 3.63) is 29.6 Å². The minimum atomic E-state index is -3.24. The molecule has 2 amide bonds. The minimum absolute atomic E-state index is 0.0328. The van der Waals surface area contributed by atoms with Crippen molar-refractivity contribution in [3.8, 4) is 0 Å². The van der Waals surface area contributed by atoms with Gasteiger partial charge in [-0.2, -0.15) is 0 Å². The summed E-state index contributed by atoms with van der Waals surface area (Å²) in [4.78, 5) is 29.9. The number of aryl methyl sites for hydroxylation is 1. The zero-order valence-electron chi connectivity index (χ0n) is 13.3. The Hall–Kier alpha value is -1.96. The highest BCUT2D eigenvalue weighted by Crippen LogP contribution is 2.18. The zero-order chi connectivity index (χ0) is 17.0. The van der Waals surface area contributed by atoms with Crippen LogP contribution in [0, 0.1) is 0 Å². The summed E-state index contributed by atoms with van der Waals surface area (Å²) in [6.07, 6.45) is 2.31. The van der Waals surface area contributed by atoms with E-state index >= 15 is 0 Å². The molecular weight excluding hydrogens is 318 g/mol. The van der Waals surface area contributed by atoms with Crippen molar-refractivity contribution in [2.24, 2.45) is 0 Å². The Morgan fingerprint density at radius 2 is 2.17 bits per heavy atom. The van der Waals surface area contributed by atoms with E-state index in [-0.39, 0.29) is 42.0 Å². The first-order valence-corrected chi connectivity index (χ1v) is 9.35. The Kier molecular flexibility index (Phi) is 5.35. The number of pyridine rings is 1. The van der Waals surface area contributed by atoms with Crippen LogP contribution in [-0.2, 0) is 21.1 Å². The molecule has 1 aliphatic heterocycles. The smallest absolute Gasteiger partial charge is 0.272 e. The number of hydrogen-bond acceptors (Lipinski definition) is 5. The number of aromatic nitrogens is 1. The standard InChI is InChI=1S/C15H21N3O4S/c1-3-11-4-5-17-13(8-11)15(20)18-6-7-23(21,22)10-12(18)9-14(19)16-2/h4-5,8,12H,3,6-7,9-10H2,1-2H3,(H,16,19). The topological polar surface area (TPSA) is 96.4 Å². The van der Waals surface area contributed by atoms with Crippen LogP contribution in [0.1, 0.15) is 29.4 Å². The van der Waals surface area contributed by atoms with Gasteiger partial charge in [-0.05, 0) is 24.1 Å². The number of nitrogens with one attached hydrogen (secondary N) is 1. The fourth-order valence-electron chi connectivity index (χ4n) is 2.60. The highest BCUT2D eigenvalue weighted by Gasteiger charge is 2.36. The van der Waals surface area contributed by atoms with Crippen molar-refractivity contribution >= 4 is 21.7 Å². The van der Waals surface area contributed by atoms with Crippen LogP contribution in [-0.4, -0.2) is 61.3 Å². The first-order chi connectivity index (χ1) is 10.9. The summed E-state index contributed by atoms with van der Waals surface area (Å²) >= 11 is 0. The van der Waals surface area contributed by atoms with Crippen LogP contribution in [0.3, 0.4) is 0 Å². The molecule has 1 fully saturated rings. The predicted molar refractivity (Wildman–Crippen MR) is 85.8 cm³/mol. The van der Waals surface area contributed by atoms with Crippen molar-refractivity contribution in [2.75, 3.05) is 25.1 Å². The fourth-order valence-corrected chi connectivity index (χ4v) is 4.12. The molecule has 1 aromatic rings. The average molecular weight is 339 g/mol. The van der Waals surface area contributed by atoms with Gasteiger partial charge in [0.05, 0.1) is 17.5 Å². The molecule has 1 N–H and O–H groups in total. The van der Waals surface area contributed by atoms with Crippen LogP contribution < -0.4 is 5.32 Å². The number of nitrogens with zero attached hydrogens (tertiary/aromatic N) is 2. The average Bonchev–Trinajstić information content (AvgIpc) is 2.53. The van der Waals surface area contributed by atoms with Crippen LogP contribution in [0.25, 0.3) is 0 Å². The molecule has 8 heteroatoms. The maximum absolute atomic E-state index is 12.7. The molecule has 2 rings (SSSR count). The maximum atomic E-state index is 12.7. The lowest BCUT2D eigenvalue weighted by Gasteiger charge is -2.35. The van der Waals surface area contributed by atoms with Gasteiger partial charge in [0.15, 0.2) is 9.84 Å². The quantitative estimate of drug-likeness (QED) is 0.834. The number of sulfone groups is 1. The third-order valence-corrected chi connectivity index (χ3v) is 5.64. The molecule has 1 atom stereocenters. The molecule has 1 unspecified atom stereocenters. The number of hydrogen-bond donors (Lipinski definition) is 1. The Bertz CT molecular complexity index is 702. The lowest BCUT2D eigenvalue weighted by atomic mass is 10.1. The SMILES string of the molecule is CCc1ccnc(C(=O)N2CCS(=O)(=O)CC2CC(=O)NC)c1. The summed E-state index contributed by atoms with van der Waals surface area (Å²) < 4.78 is 23.7. The second kappa shape index (κ2) is 7.08. The van der Waals surface area contributed by atoms with E-state index in [4.69, 9.17) is 0 Å². The summed E-state index contributed by atoms with van der Waals surface area (Å²) in [5, 5.41) is 2.47. The highest BCUT2D eigenvalue weighted by atomic mass is 32.2. The second-order valence-corrected chi connectivity index (χ2v) is 7.78. The number of amides is 2. The van der Waals surface area contributed by atoms with E-state index in [1.54, 1.807) is 12.3 Å². The molecule has 2 heterocycles. The van der Waals surface area contributed by atoms with Gasteiger partial charge in [0, 0.05) is 26.2 Å². The molecule has 7 nitrogen and oxygen atoms in total. The molecule has 0 aliphatic carbocycles. The van der Waals surface area contributed by atoms with Gasteiger partial charge in [-0.25, -0.2) is 8.42 Å². The van der Waals surface area contributed by atoms with Gasteiger partial charge < -0.3 is 10.2 Å². The Balaban J connectivity index is 2.26.